The molecule has 0 saturated heterocycles. The molecule has 0 bridgehead atoms. The number of halogens is 3. The Morgan fingerprint density at radius 2 is 1.63 bits per heavy atom. The monoisotopic (exact) mass is 521 g/mol. The maximum absolute atomic E-state index is 13.1. The lowest BCUT2D eigenvalue weighted by Gasteiger charge is -2.15. The highest BCUT2D eigenvalue weighted by atomic mass is 19.4. The third kappa shape index (κ3) is 6.53. The number of carboxylic acids is 1. The second-order valence-corrected chi connectivity index (χ2v) is 9.00. The number of rotatable bonds is 9. The fourth-order valence-corrected chi connectivity index (χ4v) is 4.13. The lowest BCUT2D eigenvalue weighted by atomic mass is 10.0. The van der Waals surface area contributed by atoms with Crippen LogP contribution in [0, 0.1) is 0 Å². The summed E-state index contributed by atoms with van der Waals surface area (Å²) in [6.45, 7) is 1.89. The molecular formula is C29H26F3N3O3. The number of carbonyl (C=O) groups excluding carboxylic acids is 1. The summed E-state index contributed by atoms with van der Waals surface area (Å²) in [6.07, 6.45) is -3.15. The average molecular weight is 522 g/mol. The van der Waals surface area contributed by atoms with E-state index < -0.39 is 17.7 Å². The van der Waals surface area contributed by atoms with Gasteiger partial charge in [0.25, 0.3) is 5.91 Å². The van der Waals surface area contributed by atoms with E-state index in [1.54, 1.807) is 18.2 Å². The summed E-state index contributed by atoms with van der Waals surface area (Å²) in [5, 5.41) is 11.9. The number of nitrogens with one attached hydrogen (secondary N) is 1. The van der Waals surface area contributed by atoms with Crippen LogP contribution in [0.3, 0.4) is 0 Å². The Labute approximate surface area is 217 Å². The molecule has 0 fully saturated rings. The van der Waals surface area contributed by atoms with Gasteiger partial charge in [0, 0.05) is 17.5 Å². The normalized spacial score (nSPS) is 12.3. The van der Waals surface area contributed by atoms with Crippen LogP contribution < -0.4 is 5.32 Å². The van der Waals surface area contributed by atoms with Crippen molar-refractivity contribution in [1.29, 1.82) is 0 Å². The Bertz CT molecular complexity index is 1440. The molecule has 6 nitrogen and oxygen atoms in total. The van der Waals surface area contributed by atoms with Gasteiger partial charge in [-0.25, -0.2) is 9.97 Å². The lowest BCUT2D eigenvalue weighted by Crippen LogP contribution is -2.26. The van der Waals surface area contributed by atoms with Gasteiger partial charge in [0.2, 0.25) is 0 Å². The first-order chi connectivity index (χ1) is 18.1. The average Bonchev–Trinajstić information content (AvgIpc) is 2.90. The maximum Gasteiger partial charge on any atom is 0.416 e. The number of fused-ring (bicyclic) bond motifs is 1. The fourth-order valence-electron chi connectivity index (χ4n) is 4.13. The molecule has 4 rings (SSSR count). The largest absolute Gasteiger partial charge is 0.481 e. The van der Waals surface area contributed by atoms with Crippen LogP contribution in [0.4, 0.5) is 13.2 Å². The highest BCUT2D eigenvalue weighted by molar-refractivity contribution is 5.97. The number of alkyl halides is 3. The standard InChI is InChI=1S/C29H26F3N3O3/c1-18(19-7-3-2-4-8-19)33-28(38)21-13-16-23-25(17-21)34-24(9-5-6-10-26(36)37)27(35-23)20-11-14-22(15-12-20)29(30,31)32/h2-4,7-8,11-18H,5-6,9-10H2,1H3,(H,33,38)(H,36,37)/t18-/m1/s1. The summed E-state index contributed by atoms with van der Waals surface area (Å²) in [4.78, 5) is 33.2. The van der Waals surface area contributed by atoms with Crippen LogP contribution in [-0.2, 0) is 17.4 Å². The van der Waals surface area contributed by atoms with Crippen LogP contribution >= 0.6 is 0 Å². The van der Waals surface area contributed by atoms with E-state index in [0.29, 0.717) is 52.8 Å². The van der Waals surface area contributed by atoms with Crippen LogP contribution in [0.5, 0.6) is 0 Å². The van der Waals surface area contributed by atoms with Crippen molar-refractivity contribution >= 4 is 22.9 Å². The van der Waals surface area contributed by atoms with Crippen molar-refractivity contribution in [3.63, 3.8) is 0 Å². The van der Waals surface area contributed by atoms with Crippen molar-refractivity contribution in [2.45, 2.75) is 44.8 Å². The third-order valence-electron chi connectivity index (χ3n) is 6.19. The van der Waals surface area contributed by atoms with Gasteiger partial charge in [0.1, 0.15) is 0 Å². The molecule has 0 saturated carbocycles. The Balaban J connectivity index is 1.65. The number of carboxylic acid groups (broad SMARTS) is 1. The molecule has 196 valence electrons. The van der Waals surface area contributed by atoms with Crippen molar-refractivity contribution in [3.8, 4) is 11.3 Å². The zero-order valence-corrected chi connectivity index (χ0v) is 20.6. The molecule has 0 radical (unpaired) electrons. The molecule has 1 amide bonds. The second kappa shape index (κ2) is 11.4. The van der Waals surface area contributed by atoms with Gasteiger partial charge >= 0.3 is 12.1 Å². The molecule has 38 heavy (non-hydrogen) atoms. The molecule has 1 aromatic heterocycles. The van der Waals surface area contributed by atoms with Gasteiger partial charge in [-0.15, -0.1) is 0 Å². The Morgan fingerprint density at radius 1 is 0.921 bits per heavy atom. The smallest absolute Gasteiger partial charge is 0.416 e. The maximum atomic E-state index is 13.1. The van der Waals surface area contributed by atoms with Gasteiger partial charge in [0.05, 0.1) is 34.0 Å². The van der Waals surface area contributed by atoms with E-state index in [0.717, 1.165) is 17.7 Å². The van der Waals surface area contributed by atoms with Crippen molar-refractivity contribution in [2.24, 2.45) is 0 Å². The summed E-state index contributed by atoms with van der Waals surface area (Å²) in [7, 11) is 0. The zero-order valence-electron chi connectivity index (χ0n) is 20.6. The molecule has 1 atom stereocenters. The molecule has 0 aliphatic rings. The molecular weight excluding hydrogens is 495 g/mol. The first-order valence-corrected chi connectivity index (χ1v) is 12.2. The van der Waals surface area contributed by atoms with Gasteiger partial charge in [-0.1, -0.05) is 42.5 Å². The van der Waals surface area contributed by atoms with E-state index in [-0.39, 0.29) is 18.4 Å². The summed E-state index contributed by atoms with van der Waals surface area (Å²) in [6, 6.07) is 19.0. The van der Waals surface area contributed by atoms with Gasteiger partial charge in [-0.2, -0.15) is 13.2 Å². The molecule has 2 N–H and O–H groups in total. The Hall–Kier alpha value is -4.27. The number of amides is 1. The highest BCUT2D eigenvalue weighted by Gasteiger charge is 2.30. The van der Waals surface area contributed by atoms with Crippen LogP contribution in [-0.4, -0.2) is 27.0 Å². The van der Waals surface area contributed by atoms with E-state index in [1.165, 1.54) is 12.1 Å². The summed E-state index contributed by atoms with van der Waals surface area (Å²) < 4.78 is 39.2. The van der Waals surface area contributed by atoms with Gasteiger partial charge in [0.15, 0.2) is 0 Å². The van der Waals surface area contributed by atoms with E-state index in [2.05, 4.69) is 10.3 Å². The van der Waals surface area contributed by atoms with Crippen LogP contribution in [0.1, 0.15) is 59.4 Å². The van der Waals surface area contributed by atoms with E-state index in [4.69, 9.17) is 10.1 Å². The van der Waals surface area contributed by atoms with Crippen LogP contribution in [0.25, 0.3) is 22.3 Å². The topological polar surface area (TPSA) is 92.2 Å². The first kappa shape index (κ1) is 26.8. The molecule has 1 heterocycles. The predicted molar refractivity (Wildman–Crippen MR) is 137 cm³/mol. The number of aryl methyl sites for hydroxylation is 1. The van der Waals surface area contributed by atoms with E-state index in [9.17, 15) is 22.8 Å². The zero-order chi connectivity index (χ0) is 27.3. The number of benzene rings is 3. The van der Waals surface area contributed by atoms with Crippen LogP contribution in [0.15, 0.2) is 72.8 Å². The second-order valence-electron chi connectivity index (χ2n) is 9.00. The molecule has 0 unspecified atom stereocenters. The number of aromatic nitrogens is 2. The minimum atomic E-state index is -4.46. The minimum Gasteiger partial charge on any atom is -0.481 e. The molecule has 3 aromatic carbocycles. The van der Waals surface area contributed by atoms with Crippen LogP contribution in [0.2, 0.25) is 0 Å². The van der Waals surface area contributed by atoms with Crippen molar-refractivity contribution in [1.82, 2.24) is 15.3 Å². The number of hydrogen-bond acceptors (Lipinski definition) is 4. The SMILES string of the molecule is C[C@@H](NC(=O)c1ccc2nc(-c3ccc(C(F)(F)F)cc3)c(CCCCC(=O)O)nc2c1)c1ccccc1. The lowest BCUT2D eigenvalue weighted by molar-refractivity contribution is -0.138. The molecule has 0 spiro atoms. The summed E-state index contributed by atoms with van der Waals surface area (Å²) >= 11 is 0. The molecule has 9 heteroatoms. The van der Waals surface area contributed by atoms with Crippen molar-refractivity contribution < 1.29 is 27.9 Å². The Morgan fingerprint density at radius 3 is 2.29 bits per heavy atom. The number of aliphatic carboxylic acids is 1. The van der Waals surface area contributed by atoms with Gasteiger partial charge in [-0.05, 0) is 62.1 Å². The molecule has 0 aliphatic carbocycles. The summed E-state index contributed by atoms with van der Waals surface area (Å²) in [5.41, 5.74) is 2.97. The van der Waals surface area contributed by atoms with Gasteiger partial charge < -0.3 is 10.4 Å². The Kier molecular flexibility index (Phi) is 8.05. The third-order valence-corrected chi connectivity index (χ3v) is 6.19. The number of hydrogen-bond donors (Lipinski definition) is 2. The van der Waals surface area contributed by atoms with E-state index >= 15 is 0 Å². The molecule has 0 aliphatic heterocycles. The number of unbranched alkanes of at least 4 members (excludes halogenated alkanes) is 1. The number of nitrogens with zero attached hydrogens (tertiary/aromatic N) is 2. The van der Waals surface area contributed by atoms with Crippen molar-refractivity contribution in [3.05, 3.63) is 95.2 Å². The quantitative estimate of drug-likeness (QED) is 0.242. The predicted octanol–water partition coefficient (Wildman–Crippen LogP) is 6.60. The fraction of sp³-hybridized carbons (Fsp3) is 0.241. The highest BCUT2D eigenvalue weighted by Crippen LogP contribution is 2.32. The first-order valence-electron chi connectivity index (χ1n) is 12.2. The summed E-state index contributed by atoms with van der Waals surface area (Å²) in [5.74, 6) is -1.18. The van der Waals surface area contributed by atoms with Gasteiger partial charge in [-0.3, -0.25) is 9.59 Å². The van der Waals surface area contributed by atoms with E-state index in [1.807, 2.05) is 37.3 Å². The molecule has 4 aromatic rings. The van der Waals surface area contributed by atoms with Crippen molar-refractivity contribution in [2.75, 3.05) is 0 Å². The minimum absolute atomic E-state index is 0.000537. The number of carbonyl (C=O) groups is 2.